The van der Waals surface area contributed by atoms with Crippen LogP contribution in [0.2, 0.25) is 0 Å². The third kappa shape index (κ3) is 7.55. The molecular weight excluding hydrogens is 728 g/mol. The van der Waals surface area contributed by atoms with Crippen LogP contribution in [0.15, 0.2) is 36.4 Å². The van der Waals surface area contributed by atoms with E-state index in [9.17, 15) is 9.46 Å². The van der Waals surface area contributed by atoms with Crippen LogP contribution in [0.25, 0.3) is 33.4 Å². The van der Waals surface area contributed by atoms with Crippen LogP contribution in [0.4, 0.5) is 0 Å². The van der Waals surface area contributed by atoms with Gasteiger partial charge in [-0.3, -0.25) is 4.89 Å². The summed E-state index contributed by atoms with van der Waals surface area (Å²) in [5.41, 5.74) is 13.7. The average Bonchev–Trinajstić information content (AvgIpc) is 3.24. The summed E-state index contributed by atoms with van der Waals surface area (Å²) in [7, 11) is -1.21. The Hall–Kier alpha value is -3.73. The minimum atomic E-state index is -4.72. The average molecular weight is 793 g/mol. The zero-order chi connectivity index (χ0) is 41.6. The molecule has 4 aromatic rings. The van der Waals surface area contributed by atoms with Gasteiger partial charge in [0.1, 0.15) is 23.0 Å². The van der Waals surface area contributed by atoms with Gasteiger partial charge in [0.25, 0.3) is 0 Å². The highest BCUT2D eigenvalue weighted by Crippen LogP contribution is 2.62. The van der Waals surface area contributed by atoms with Crippen molar-refractivity contribution in [2.45, 2.75) is 156 Å². The molecule has 0 bridgehead atoms. The van der Waals surface area contributed by atoms with Crippen molar-refractivity contribution >= 4 is 7.82 Å². The van der Waals surface area contributed by atoms with Crippen LogP contribution < -0.4 is 18.5 Å². The third-order valence-electron chi connectivity index (χ3n) is 12.3. The summed E-state index contributed by atoms with van der Waals surface area (Å²) in [4.78, 5) is 12.0. The number of ether oxygens (including phenoxy) is 2. The Morgan fingerprint density at radius 2 is 0.807 bits per heavy atom. The molecule has 6 nitrogen and oxygen atoms in total. The van der Waals surface area contributed by atoms with Gasteiger partial charge in [-0.05, 0) is 143 Å². The van der Waals surface area contributed by atoms with Crippen LogP contribution in [0.3, 0.4) is 0 Å². The number of methoxy groups -OCH3 is 2. The molecule has 0 radical (unpaired) electrons. The maximum atomic E-state index is 14.7. The van der Waals surface area contributed by atoms with Crippen molar-refractivity contribution in [3.8, 4) is 56.4 Å². The second-order valence-corrected chi connectivity index (χ2v) is 22.1. The highest BCUT2D eigenvalue weighted by Gasteiger charge is 2.41. The summed E-state index contributed by atoms with van der Waals surface area (Å²) >= 11 is 0. The van der Waals surface area contributed by atoms with E-state index in [0.29, 0.717) is 11.5 Å². The van der Waals surface area contributed by atoms with Gasteiger partial charge >= 0.3 is 7.82 Å². The summed E-state index contributed by atoms with van der Waals surface area (Å²) in [5, 5.41) is 0. The van der Waals surface area contributed by atoms with Gasteiger partial charge in [-0.1, -0.05) is 83.1 Å². The minimum Gasteiger partial charge on any atom is -0.496 e. The van der Waals surface area contributed by atoms with Crippen molar-refractivity contribution in [1.29, 1.82) is 0 Å². The van der Waals surface area contributed by atoms with Gasteiger partial charge in [-0.25, -0.2) is 4.57 Å². The quantitative estimate of drug-likeness (QED) is 0.208. The Labute approximate surface area is 342 Å². The molecule has 0 amide bonds. The van der Waals surface area contributed by atoms with E-state index in [-0.39, 0.29) is 21.7 Å². The monoisotopic (exact) mass is 792 g/mol. The Balaban J connectivity index is 1.65. The molecule has 57 heavy (non-hydrogen) atoms. The summed E-state index contributed by atoms with van der Waals surface area (Å²) in [6.45, 7) is 26.5. The Morgan fingerprint density at radius 3 is 1.09 bits per heavy atom. The molecule has 0 unspecified atom stereocenters. The largest absolute Gasteiger partial charge is 0.584 e. The number of hydrogen-bond donors (Lipinski definition) is 1. The third-order valence-corrected chi connectivity index (χ3v) is 13.1. The van der Waals surface area contributed by atoms with Gasteiger partial charge in [-0.15, -0.1) is 0 Å². The van der Waals surface area contributed by atoms with Crippen LogP contribution in [0, 0.1) is 0 Å². The maximum absolute atomic E-state index is 14.7. The molecule has 0 spiro atoms. The van der Waals surface area contributed by atoms with Crippen LogP contribution in [0.5, 0.6) is 23.0 Å². The number of rotatable bonds is 4. The summed E-state index contributed by atoms with van der Waals surface area (Å²) in [6, 6.07) is 13.3. The molecule has 2 aliphatic carbocycles. The first-order valence-electron chi connectivity index (χ1n) is 21.0. The van der Waals surface area contributed by atoms with Crippen LogP contribution in [-0.2, 0) is 51.9 Å². The standard InChI is InChI=1S/C50H65O6P/c1-47(2,3)37-25-31(26-38(45(37)53-13)48(4,5)6)35-23-29-19-15-17-21-33(29)41-42-34-22-18-16-20-30(34)24-36(44(42)56-57(51,52)55-43(35)41)32-27-39(49(7,8)9)46(54-14)40(28-32)50(10,11)12/h23-28H,15-22H2,1-14H3,(H,51,52). The molecule has 0 saturated carbocycles. The van der Waals surface area contributed by atoms with E-state index in [1.54, 1.807) is 14.2 Å². The van der Waals surface area contributed by atoms with E-state index in [1.165, 1.54) is 22.3 Å². The molecule has 0 saturated heterocycles. The summed E-state index contributed by atoms with van der Waals surface area (Å²) < 4.78 is 40.0. The highest BCUT2D eigenvalue weighted by molar-refractivity contribution is 7.48. The Kier molecular flexibility index (Phi) is 10.3. The number of benzene rings is 4. The minimum absolute atomic E-state index is 0.237. The number of hydrogen-bond acceptors (Lipinski definition) is 5. The topological polar surface area (TPSA) is 74.2 Å². The summed E-state index contributed by atoms with van der Waals surface area (Å²) in [5.74, 6) is 2.64. The molecule has 1 aliphatic heterocycles. The fraction of sp³-hybridized carbons (Fsp3) is 0.520. The fourth-order valence-corrected chi connectivity index (χ4v) is 10.3. The molecule has 306 valence electrons. The number of phosphoric ester groups is 1. The molecule has 1 heterocycles. The van der Waals surface area contributed by atoms with Crippen molar-refractivity contribution in [3.05, 3.63) is 80.9 Å². The molecule has 1 N–H and O–H groups in total. The molecule has 4 aromatic carbocycles. The molecule has 0 atom stereocenters. The normalized spacial score (nSPS) is 16.6. The van der Waals surface area contributed by atoms with Crippen LogP contribution in [-0.4, -0.2) is 19.1 Å². The second kappa shape index (κ2) is 14.2. The van der Waals surface area contributed by atoms with Crippen molar-refractivity contribution in [1.82, 2.24) is 0 Å². The van der Waals surface area contributed by atoms with Crippen molar-refractivity contribution in [2.24, 2.45) is 0 Å². The Bertz CT molecular complexity index is 2070. The van der Waals surface area contributed by atoms with Crippen molar-refractivity contribution in [2.75, 3.05) is 14.2 Å². The van der Waals surface area contributed by atoms with Crippen molar-refractivity contribution in [3.63, 3.8) is 0 Å². The van der Waals surface area contributed by atoms with Crippen molar-refractivity contribution < 1.29 is 28.0 Å². The smallest absolute Gasteiger partial charge is 0.496 e. The SMILES string of the molecule is COc1c(C(C)(C)C)cc(-c2cc3c(c4c2OP(=O)(O)Oc2c(-c5cc(C(C)(C)C)c(OC)c(C(C)(C)C)c5)cc5c(c2-4)CCCC5)CCCC3)cc1C(C)(C)C. The first-order valence-corrected chi connectivity index (χ1v) is 22.5. The van der Waals surface area contributed by atoms with Gasteiger partial charge in [0.05, 0.1) is 14.2 Å². The molecule has 0 fully saturated rings. The molecule has 7 heteroatoms. The first-order chi connectivity index (χ1) is 26.4. The van der Waals surface area contributed by atoms with E-state index in [0.717, 1.165) is 119 Å². The zero-order valence-corrected chi connectivity index (χ0v) is 38.0. The summed E-state index contributed by atoms with van der Waals surface area (Å²) in [6.07, 6.45) is 7.86. The number of phosphoric acid groups is 1. The van der Waals surface area contributed by atoms with Crippen LogP contribution in [0.1, 0.15) is 153 Å². The molecular formula is C50H65O6P. The zero-order valence-electron chi connectivity index (χ0n) is 37.1. The predicted octanol–water partition coefficient (Wildman–Crippen LogP) is 13.5. The lowest BCUT2D eigenvalue weighted by atomic mass is 9.74. The highest BCUT2D eigenvalue weighted by atomic mass is 31.2. The second-order valence-electron chi connectivity index (χ2n) is 20.8. The molecule has 3 aliphatic rings. The lowest BCUT2D eigenvalue weighted by molar-refractivity contribution is 0.295. The first kappa shape index (κ1) is 41.4. The Morgan fingerprint density at radius 1 is 0.509 bits per heavy atom. The maximum Gasteiger partial charge on any atom is 0.584 e. The van der Waals surface area contributed by atoms with E-state index in [1.807, 2.05) is 0 Å². The van der Waals surface area contributed by atoms with Gasteiger partial charge in [0.15, 0.2) is 0 Å². The number of fused-ring (bicyclic) bond motifs is 7. The number of aryl methyl sites for hydroxylation is 2. The van der Waals surface area contributed by atoms with Gasteiger partial charge in [0, 0.05) is 44.5 Å². The van der Waals surface area contributed by atoms with Crippen LogP contribution >= 0.6 is 7.82 Å². The lowest BCUT2D eigenvalue weighted by Crippen LogP contribution is -2.19. The lowest BCUT2D eigenvalue weighted by Gasteiger charge is -2.31. The van der Waals surface area contributed by atoms with Gasteiger partial charge in [0.2, 0.25) is 0 Å². The van der Waals surface area contributed by atoms with E-state index in [2.05, 4.69) is 119 Å². The fourth-order valence-electron chi connectivity index (χ4n) is 9.40. The van der Waals surface area contributed by atoms with E-state index in [4.69, 9.17) is 18.5 Å². The molecule has 0 aromatic heterocycles. The predicted molar refractivity (Wildman–Crippen MR) is 235 cm³/mol. The van der Waals surface area contributed by atoms with Gasteiger partial charge in [-0.2, -0.15) is 0 Å². The van der Waals surface area contributed by atoms with E-state index < -0.39 is 7.82 Å². The van der Waals surface area contributed by atoms with E-state index >= 15 is 0 Å². The van der Waals surface area contributed by atoms with Gasteiger partial charge < -0.3 is 18.5 Å². The molecule has 7 rings (SSSR count).